The van der Waals surface area contributed by atoms with Gasteiger partial charge in [-0.1, -0.05) is 6.07 Å². The number of ketones is 1. The number of carbonyl (C=O) groups is 3. The van der Waals surface area contributed by atoms with Gasteiger partial charge in [0.15, 0.2) is 5.78 Å². The van der Waals surface area contributed by atoms with Gasteiger partial charge in [0, 0.05) is 36.8 Å². The monoisotopic (exact) mass is 342 g/mol. The smallest absolute Gasteiger partial charge is 0.251 e. The van der Waals surface area contributed by atoms with E-state index in [0.29, 0.717) is 11.3 Å². The average Bonchev–Trinajstić information content (AvgIpc) is 2.58. The third-order valence-corrected chi connectivity index (χ3v) is 3.67. The SMILES string of the molecule is CC(=O)c1ccc(N(CCNC(=O)c2cccc(F)c2)C(C)=O)cc1. The van der Waals surface area contributed by atoms with E-state index in [1.807, 2.05) is 0 Å². The van der Waals surface area contributed by atoms with Crippen LogP contribution in [0.15, 0.2) is 48.5 Å². The van der Waals surface area contributed by atoms with Crippen LogP contribution in [0, 0.1) is 5.82 Å². The fourth-order valence-electron chi connectivity index (χ4n) is 2.36. The second-order valence-corrected chi connectivity index (χ2v) is 5.54. The first-order chi connectivity index (χ1) is 11.9. The molecule has 0 aromatic heterocycles. The largest absolute Gasteiger partial charge is 0.350 e. The van der Waals surface area contributed by atoms with Gasteiger partial charge in [-0.05, 0) is 49.4 Å². The molecule has 25 heavy (non-hydrogen) atoms. The summed E-state index contributed by atoms with van der Waals surface area (Å²) in [4.78, 5) is 36.6. The molecule has 5 nitrogen and oxygen atoms in total. The van der Waals surface area contributed by atoms with E-state index < -0.39 is 11.7 Å². The molecule has 0 aliphatic carbocycles. The second kappa shape index (κ2) is 8.19. The molecule has 2 aromatic carbocycles. The van der Waals surface area contributed by atoms with E-state index in [-0.39, 0.29) is 30.3 Å². The standard InChI is InChI=1S/C19H19FN2O3/c1-13(23)15-6-8-18(9-7-15)22(14(2)24)11-10-21-19(25)16-4-3-5-17(20)12-16/h3-9,12H,10-11H2,1-2H3,(H,21,25). The zero-order valence-corrected chi connectivity index (χ0v) is 14.1. The highest BCUT2D eigenvalue weighted by Gasteiger charge is 2.13. The van der Waals surface area contributed by atoms with Crippen LogP contribution in [-0.4, -0.2) is 30.7 Å². The predicted octanol–water partition coefficient (Wildman–Crippen LogP) is 2.81. The first kappa shape index (κ1) is 18.3. The van der Waals surface area contributed by atoms with Gasteiger partial charge in [0.2, 0.25) is 5.91 Å². The van der Waals surface area contributed by atoms with Gasteiger partial charge in [-0.25, -0.2) is 4.39 Å². The van der Waals surface area contributed by atoms with Crippen LogP contribution in [0.25, 0.3) is 0 Å². The Labute approximate surface area is 145 Å². The van der Waals surface area contributed by atoms with Gasteiger partial charge < -0.3 is 10.2 Å². The van der Waals surface area contributed by atoms with E-state index in [9.17, 15) is 18.8 Å². The van der Waals surface area contributed by atoms with Crippen molar-refractivity contribution in [2.75, 3.05) is 18.0 Å². The Morgan fingerprint density at radius 2 is 1.68 bits per heavy atom. The van der Waals surface area contributed by atoms with Crippen molar-refractivity contribution in [2.45, 2.75) is 13.8 Å². The van der Waals surface area contributed by atoms with Gasteiger partial charge in [-0.2, -0.15) is 0 Å². The molecule has 0 spiro atoms. The van der Waals surface area contributed by atoms with Gasteiger partial charge in [0.1, 0.15) is 5.82 Å². The lowest BCUT2D eigenvalue weighted by Gasteiger charge is -2.21. The van der Waals surface area contributed by atoms with Crippen LogP contribution >= 0.6 is 0 Å². The number of nitrogens with one attached hydrogen (secondary N) is 1. The second-order valence-electron chi connectivity index (χ2n) is 5.54. The maximum Gasteiger partial charge on any atom is 0.251 e. The molecule has 2 amide bonds. The molecule has 130 valence electrons. The van der Waals surface area contributed by atoms with Gasteiger partial charge in [0.05, 0.1) is 0 Å². The van der Waals surface area contributed by atoms with Crippen LogP contribution in [0.5, 0.6) is 0 Å². The summed E-state index contributed by atoms with van der Waals surface area (Å²) >= 11 is 0. The third kappa shape index (κ3) is 4.97. The number of rotatable bonds is 6. The summed E-state index contributed by atoms with van der Waals surface area (Å²) in [7, 11) is 0. The lowest BCUT2D eigenvalue weighted by Crippen LogP contribution is -2.37. The fraction of sp³-hybridized carbons (Fsp3) is 0.211. The van der Waals surface area contributed by atoms with Crippen molar-refractivity contribution in [2.24, 2.45) is 0 Å². The van der Waals surface area contributed by atoms with Crippen molar-refractivity contribution in [3.05, 3.63) is 65.5 Å². The molecule has 2 aromatic rings. The van der Waals surface area contributed by atoms with Gasteiger partial charge >= 0.3 is 0 Å². The maximum absolute atomic E-state index is 13.1. The molecule has 6 heteroatoms. The minimum atomic E-state index is -0.483. The number of carbonyl (C=O) groups excluding carboxylic acids is 3. The fourth-order valence-corrected chi connectivity index (χ4v) is 2.36. The van der Waals surface area contributed by atoms with Crippen molar-refractivity contribution in [1.82, 2.24) is 5.32 Å². The summed E-state index contributed by atoms with van der Waals surface area (Å²) in [6, 6.07) is 12.1. The summed E-state index contributed by atoms with van der Waals surface area (Å²) in [5, 5.41) is 2.66. The number of anilines is 1. The highest BCUT2D eigenvalue weighted by molar-refractivity contribution is 5.96. The molecule has 0 unspecified atom stereocenters. The lowest BCUT2D eigenvalue weighted by atomic mass is 10.1. The minimum Gasteiger partial charge on any atom is -0.350 e. The number of nitrogens with zero attached hydrogens (tertiary/aromatic N) is 1. The maximum atomic E-state index is 13.1. The summed E-state index contributed by atoms with van der Waals surface area (Å²) < 4.78 is 13.1. The van der Waals surface area contributed by atoms with Crippen LogP contribution < -0.4 is 10.2 Å². The Bertz CT molecular complexity index is 788. The molecule has 0 saturated carbocycles. The van der Waals surface area contributed by atoms with E-state index >= 15 is 0 Å². The first-order valence-corrected chi connectivity index (χ1v) is 7.81. The Kier molecular flexibility index (Phi) is 6.00. The van der Waals surface area contributed by atoms with Crippen molar-refractivity contribution >= 4 is 23.3 Å². The molecule has 0 atom stereocenters. The summed E-state index contributed by atoms with van der Waals surface area (Å²) in [6.45, 7) is 3.37. The van der Waals surface area contributed by atoms with Crippen LogP contribution in [0.2, 0.25) is 0 Å². The van der Waals surface area contributed by atoms with Crippen molar-refractivity contribution in [3.63, 3.8) is 0 Å². The van der Waals surface area contributed by atoms with E-state index in [4.69, 9.17) is 0 Å². The summed E-state index contributed by atoms with van der Waals surface area (Å²) in [5.74, 6) is -1.13. The number of amides is 2. The quantitative estimate of drug-likeness (QED) is 0.821. The van der Waals surface area contributed by atoms with Crippen LogP contribution in [0.1, 0.15) is 34.6 Å². The van der Waals surface area contributed by atoms with Crippen LogP contribution in [-0.2, 0) is 4.79 Å². The molecule has 0 radical (unpaired) electrons. The minimum absolute atomic E-state index is 0.0525. The molecule has 0 bridgehead atoms. The Balaban J connectivity index is 1.99. The topological polar surface area (TPSA) is 66.5 Å². The van der Waals surface area contributed by atoms with E-state index in [1.54, 1.807) is 24.3 Å². The Morgan fingerprint density at radius 3 is 2.24 bits per heavy atom. The number of hydrogen-bond donors (Lipinski definition) is 1. The Hall–Kier alpha value is -3.02. The number of benzene rings is 2. The Morgan fingerprint density at radius 1 is 1.00 bits per heavy atom. The highest BCUT2D eigenvalue weighted by Crippen LogP contribution is 2.15. The highest BCUT2D eigenvalue weighted by atomic mass is 19.1. The molecular formula is C19H19FN2O3. The van der Waals surface area contributed by atoms with Crippen LogP contribution in [0.3, 0.4) is 0 Å². The van der Waals surface area contributed by atoms with Crippen molar-refractivity contribution in [3.8, 4) is 0 Å². The molecule has 0 aliphatic rings. The van der Waals surface area contributed by atoms with E-state index in [1.165, 1.54) is 36.9 Å². The number of Topliss-reactive ketones (excluding diaryl/α,β-unsaturated/α-hetero) is 1. The predicted molar refractivity (Wildman–Crippen MR) is 93.2 cm³/mol. The zero-order chi connectivity index (χ0) is 18.4. The van der Waals surface area contributed by atoms with Crippen LogP contribution in [0.4, 0.5) is 10.1 Å². The van der Waals surface area contributed by atoms with Gasteiger partial charge in [-0.15, -0.1) is 0 Å². The molecule has 0 saturated heterocycles. The lowest BCUT2D eigenvalue weighted by molar-refractivity contribution is -0.116. The summed E-state index contributed by atoms with van der Waals surface area (Å²) in [5.41, 5.74) is 1.42. The number of hydrogen-bond acceptors (Lipinski definition) is 3. The number of halogens is 1. The zero-order valence-electron chi connectivity index (χ0n) is 14.1. The van der Waals surface area contributed by atoms with E-state index in [2.05, 4.69) is 5.32 Å². The van der Waals surface area contributed by atoms with Crippen molar-refractivity contribution < 1.29 is 18.8 Å². The molecule has 2 rings (SSSR count). The van der Waals surface area contributed by atoms with Gasteiger partial charge in [-0.3, -0.25) is 14.4 Å². The average molecular weight is 342 g/mol. The molecule has 0 aliphatic heterocycles. The molecular weight excluding hydrogens is 323 g/mol. The summed E-state index contributed by atoms with van der Waals surface area (Å²) in [6.07, 6.45) is 0. The molecule has 0 heterocycles. The van der Waals surface area contributed by atoms with Crippen molar-refractivity contribution in [1.29, 1.82) is 0 Å². The molecule has 0 fully saturated rings. The van der Waals surface area contributed by atoms with E-state index in [0.717, 1.165) is 6.07 Å². The molecule has 1 N–H and O–H groups in total. The normalized spacial score (nSPS) is 10.2. The van der Waals surface area contributed by atoms with Gasteiger partial charge in [0.25, 0.3) is 5.91 Å². The third-order valence-electron chi connectivity index (χ3n) is 3.67. The first-order valence-electron chi connectivity index (χ1n) is 7.81.